The highest BCUT2D eigenvalue weighted by molar-refractivity contribution is 5.54. The van der Waals surface area contributed by atoms with Gasteiger partial charge in [-0.15, -0.1) is 0 Å². The van der Waals surface area contributed by atoms with Crippen molar-refractivity contribution < 1.29 is 4.74 Å². The zero-order valence-corrected chi connectivity index (χ0v) is 13.8. The van der Waals surface area contributed by atoms with Gasteiger partial charge >= 0.3 is 0 Å². The highest BCUT2D eigenvalue weighted by Gasteiger charge is 1.97. The summed E-state index contributed by atoms with van der Waals surface area (Å²) in [4.78, 5) is 0. The van der Waals surface area contributed by atoms with E-state index in [2.05, 4.69) is 71.3 Å². The van der Waals surface area contributed by atoms with Crippen LogP contribution in [0.3, 0.4) is 0 Å². The molecule has 0 amide bonds. The van der Waals surface area contributed by atoms with Crippen LogP contribution < -0.4 is 15.4 Å². The molecule has 3 heteroatoms. The summed E-state index contributed by atoms with van der Waals surface area (Å²) in [7, 11) is 1.68. The van der Waals surface area contributed by atoms with Crippen molar-refractivity contribution in [3.63, 3.8) is 0 Å². The first-order valence-electron chi connectivity index (χ1n) is 8.08. The SMILES string of the molecule is COc1ccc(CNc2ccc(NCc3ccccc3)cc2)cc1. The van der Waals surface area contributed by atoms with Crippen molar-refractivity contribution in [3.05, 3.63) is 90.0 Å². The maximum atomic E-state index is 5.17. The van der Waals surface area contributed by atoms with Gasteiger partial charge in [-0.1, -0.05) is 42.5 Å². The topological polar surface area (TPSA) is 33.3 Å². The van der Waals surface area contributed by atoms with Crippen molar-refractivity contribution in [2.24, 2.45) is 0 Å². The van der Waals surface area contributed by atoms with Crippen molar-refractivity contribution in [3.8, 4) is 5.75 Å². The summed E-state index contributed by atoms with van der Waals surface area (Å²) in [5.41, 5.74) is 4.73. The lowest BCUT2D eigenvalue weighted by molar-refractivity contribution is 0.414. The molecule has 3 aromatic carbocycles. The second-order valence-corrected chi connectivity index (χ2v) is 5.62. The Balaban J connectivity index is 1.50. The van der Waals surface area contributed by atoms with Crippen LogP contribution in [0.25, 0.3) is 0 Å². The van der Waals surface area contributed by atoms with Crippen molar-refractivity contribution in [1.29, 1.82) is 0 Å². The Bertz CT molecular complexity index is 737. The van der Waals surface area contributed by atoms with Gasteiger partial charge in [0.1, 0.15) is 5.75 Å². The number of nitrogens with one attached hydrogen (secondary N) is 2. The fraction of sp³-hybridized carbons (Fsp3) is 0.143. The monoisotopic (exact) mass is 318 g/mol. The fourth-order valence-electron chi connectivity index (χ4n) is 2.45. The Kier molecular flexibility index (Phi) is 5.36. The minimum absolute atomic E-state index is 0.792. The third-order valence-corrected chi connectivity index (χ3v) is 3.88. The second kappa shape index (κ2) is 8.06. The first-order chi connectivity index (χ1) is 11.8. The average Bonchev–Trinajstić information content (AvgIpc) is 2.67. The number of ether oxygens (including phenoxy) is 1. The molecule has 0 atom stereocenters. The molecule has 122 valence electrons. The van der Waals surface area contributed by atoms with Gasteiger partial charge in [0.2, 0.25) is 0 Å². The number of benzene rings is 3. The van der Waals surface area contributed by atoms with Crippen LogP contribution in [0.4, 0.5) is 11.4 Å². The van der Waals surface area contributed by atoms with Crippen LogP contribution in [0.5, 0.6) is 5.75 Å². The lowest BCUT2D eigenvalue weighted by Crippen LogP contribution is -2.01. The van der Waals surface area contributed by atoms with E-state index in [-0.39, 0.29) is 0 Å². The van der Waals surface area contributed by atoms with Crippen molar-refractivity contribution in [1.82, 2.24) is 0 Å². The molecular weight excluding hydrogens is 296 g/mol. The van der Waals surface area contributed by atoms with Gasteiger partial charge in [0.25, 0.3) is 0 Å². The summed E-state index contributed by atoms with van der Waals surface area (Å²) in [6.07, 6.45) is 0. The van der Waals surface area contributed by atoms with E-state index in [1.54, 1.807) is 7.11 Å². The minimum Gasteiger partial charge on any atom is -0.497 e. The van der Waals surface area contributed by atoms with E-state index in [1.807, 2.05) is 18.2 Å². The summed E-state index contributed by atoms with van der Waals surface area (Å²) in [5.74, 6) is 0.882. The molecule has 0 aliphatic rings. The van der Waals surface area contributed by atoms with Gasteiger partial charge < -0.3 is 15.4 Å². The lowest BCUT2D eigenvalue weighted by atomic mass is 10.2. The highest BCUT2D eigenvalue weighted by atomic mass is 16.5. The molecule has 3 rings (SSSR count). The quantitative estimate of drug-likeness (QED) is 0.649. The molecule has 0 radical (unpaired) electrons. The molecule has 24 heavy (non-hydrogen) atoms. The molecule has 2 N–H and O–H groups in total. The zero-order valence-electron chi connectivity index (χ0n) is 13.8. The largest absolute Gasteiger partial charge is 0.497 e. The number of hydrogen-bond donors (Lipinski definition) is 2. The van der Waals surface area contributed by atoms with Gasteiger partial charge in [-0.3, -0.25) is 0 Å². The number of anilines is 2. The smallest absolute Gasteiger partial charge is 0.118 e. The molecule has 0 saturated carbocycles. The van der Waals surface area contributed by atoms with Crippen LogP contribution in [-0.2, 0) is 13.1 Å². The minimum atomic E-state index is 0.792. The Morgan fingerprint density at radius 2 is 1.12 bits per heavy atom. The van der Waals surface area contributed by atoms with E-state index >= 15 is 0 Å². The third kappa shape index (κ3) is 4.53. The lowest BCUT2D eigenvalue weighted by Gasteiger charge is -2.10. The van der Waals surface area contributed by atoms with Crippen molar-refractivity contribution in [2.45, 2.75) is 13.1 Å². The molecule has 0 unspecified atom stereocenters. The number of rotatable bonds is 7. The van der Waals surface area contributed by atoms with Gasteiger partial charge in [0, 0.05) is 24.5 Å². The van der Waals surface area contributed by atoms with Crippen LogP contribution in [0.1, 0.15) is 11.1 Å². The van der Waals surface area contributed by atoms with Crippen molar-refractivity contribution in [2.75, 3.05) is 17.7 Å². The summed E-state index contributed by atoms with van der Waals surface area (Å²) in [6, 6.07) is 26.9. The molecule has 0 saturated heterocycles. The van der Waals surface area contributed by atoms with Crippen LogP contribution in [0, 0.1) is 0 Å². The maximum absolute atomic E-state index is 5.17. The van der Waals surface area contributed by atoms with Crippen LogP contribution in [0.15, 0.2) is 78.9 Å². The second-order valence-electron chi connectivity index (χ2n) is 5.62. The van der Waals surface area contributed by atoms with Gasteiger partial charge in [0.05, 0.1) is 7.11 Å². The van der Waals surface area contributed by atoms with E-state index in [0.717, 1.165) is 30.2 Å². The van der Waals surface area contributed by atoms with E-state index in [9.17, 15) is 0 Å². The van der Waals surface area contributed by atoms with Gasteiger partial charge in [-0.25, -0.2) is 0 Å². The Labute approximate surface area is 143 Å². The molecule has 0 spiro atoms. The van der Waals surface area contributed by atoms with Gasteiger partial charge in [-0.2, -0.15) is 0 Å². The van der Waals surface area contributed by atoms with E-state index < -0.39 is 0 Å². The predicted molar refractivity (Wildman–Crippen MR) is 101 cm³/mol. The molecular formula is C21H22N2O. The fourth-order valence-corrected chi connectivity index (χ4v) is 2.45. The molecule has 0 fully saturated rings. The third-order valence-electron chi connectivity index (χ3n) is 3.88. The Morgan fingerprint density at radius 3 is 1.62 bits per heavy atom. The van der Waals surface area contributed by atoms with Crippen LogP contribution >= 0.6 is 0 Å². The van der Waals surface area contributed by atoms with Crippen LogP contribution in [-0.4, -0.2) is 7.11 Å². The molecule has 0 heterocycles. The first-order valence-corrected chi connectivity index (χ1v) is 8.08. The molecule has 0 bridgehead atoms. The molecule has 3 nitrogen and oxygen atoms in total. The summed E-state index contributed by atoms with van der Waals surface area (Å²) < 4.78 is 5.17. The average molecular weight is 318 g/mol. The predicted octanol–water partition coefficient (Wildman–Crippen LogP) is 4.92. The first kappa shape index (κ1) is 15.9. The standard InChI is InChI=1S/C21H22N2O/c1-24-21-13-7-18(8-14-21)16-23-20-11-9-19(10-12-20)22-15-17-5-3-2-4-6-17/h2-14,22-23H,15-16H2,1H3. The van der Waals surface area contributed by atoms with Gasteiger partial charge in [-0.05, 0) is 47.5 Å². The molecule has 0 aliphatic heterocycles. The van der Waals surface area contributed by atoms with Crippen LogP contribution in [0.2, 0.25) is 0 Å². The number of methoxy groups -OCH3 is 1. The Morgan fingerprint density at radius 1 is 0.625 bits per heavy atom. The van der Waals surface area contributed by atoms with E-state index in [0.29, 0.717) is 0 Å². The molecule has 3 aromatic rings. The summed E-state index contributed by atoms with van der Waals surface area (Å²) in [5, 5.41) is 6.86. The maximum Gasteiger partial charge on any atom is 0.118 e. The molecule has 0 aliphatic carbocycles. The highest BCUT2D eigenvalue weighted by Crippen LogP contribution is 2.17. The van der Waals surface area contributed by atoms with Gasteiger partial charge in [0.15, 0.2) is 0 Å². The number of hydrogen-bond acceptors (Lipinski definition) is 3. The molecule has 0 aromatic heterocycles. The van der Waals surface area contributed by atoms with E-state index in [1.165, 1.54) is 11.1 Å². The normalized spacial score (nSPS) is 10.2. The Hall–Kier alpha value is -2.94. The zero-order chi connectivity index (χ0) is 16.6. The summed E-state index contributed by atoms with van der Waals surface area (Å²) in [6.45, 7) is 1.63. The summed E-state index contributed by atoms with van der Waals surface area (Å²) >= 11 is 0. The van der Waals surface area contributed by atoms with E-state index in [4.69, 9.17) is 4.74 Å². The van der Waals surface area contributed by atoms with Crippen molar-refractivity contribution >= 4 is 11.4 Å².